The van der Waals surface area contributed by atoms with Crippen molar-refractivity contribution in [2.45, 2.75) is 0 Å². The van der Waals surface area contributed by atoms with Gasteiger partial charge in [-0.3, -0.25) is 4.79 Å². The van der Waals surface area contributed by atoms with Crippen LogP contribution in [-0.4, -0.2) is 11.9 Å². The average Bonchev–Trinajstić information content (AvgIpc) is 2.64. The topological polar surface area (TPSA) is 70.2 Å². The molecule has 3 N–H and O–H groups in total. The zero-order chi connectivity index (χ0) is 17.5. The summed E-state index contributed by atoms with van der Waals surface area (Å²) in [5.74, 6) is -0.202. The van der Waals surface area contributed by atoms with Gasteiger partial charge in [0.05, 0.1) is 0 Å². The molecule has 0 saturated heterocycles. The Morgan fingerprint density at radius 1 is 0.520 bits per heavy atom. The minimum Gasteiger partial charge on any atom is -0.322 e. The highest BCUT2D eigenvalue weighted by Gasteiger charge is 2.07. The maximum absolute atomic E-state index is 12.2. The lowest BCUT2D eigenvalue weighted by Crippen LogP contribution is -2.19. The molecule has 0 radical (unpaired) electrons. The smallest absolute Gasteiger partial charge is 0.322 e. The number of anilines is 3. The minimum atomic E-state index is -0.340. The van der Waals surface area contributed by atoms with Gasteiger partial charge in [0, 0.05) is 22.6 Å². The van der Waals surface area contributed by atoms with E-state index in [2.05, 4.69) is 16.0 Å². The first kappa shape index (κ1) is 16.3. The Balaban J connectivity index is 1.58. The summed E-state index contributed by atoms with van der Waals surface area (Å²) in [4.78, 5) is 24.1. The number of hydrogen-bond acceptors (Lipinski definition) is 2. The van der Waals surface area contributed by atoms with Crippen molar-refractivity contribution < 1.29 is 9.59 Å². The van der Waals surface area contributed by atoms with Gasteiger partial charge in [-0.15, -0.1) is 0 Å². The summed E-state index contributed by atoms with van der Waals surface area (Å²) >= 11 is 0. The van der Waals surface area contributed by atoms with Gasteiger partial charge >= 0.3 is 6.03 Å². The standard InChI is InChI=1S/C20H17N3O2/c24-19(21-16-7-3-1-4-8-16)15-11-13-18(14-12-15)23-20(25)22-17-9-5-2-6-10-17/h1-14H,(H,21,24)(H2,22,23,25). The molecule has 0 atom stereocenters. The summed E-state index contributed by atoms with van der Waals surface area (Å²) < 4.78 is 0. The van der Waals surface area contributed by atoms with Crippen LogP contribution in [-0.2, 0) is 0 Å². The summed E-state index contributed by atoms with van der Waals surface area (Å²) in [6.45, 7) is 0. The maximum Gasteiger partial charge on any atom is 0.323 e. The van der Waals surface area contributed by atoms with Crippen LogP contribution < -0.4 is 16.0 Å². The number of benzene rings is 3. The van der Waals surface area contributed by atoms with Crippen LogP contribution in [0.3, 0.4) is 0 Å². The fourth-order valence-electron chi connectivity index (χ4n) is 2.24. The third-order valence-corrected chi connectivity index (χ3v) is 3.47. The lowest BCUT2D eigenvalue weighted by atomic mass is 10.2. The first-order chi connectivity index (χ1) is 12.2. The van der Waals surface area contributed by atoms with Gasteiger partial charge in [0.25, 0.3) is 5.91 Å². The van der Waals surface area contributed by atoms with Crippen LogP contribution >= 0.6 is 0 Å². The lowest BCUT2D eigenvalue weighted by molar-refractivity contribution is 0.102. The van der Waals surface area contributed by atoms with E-state index in [0.29, 0.717) is 16.9 Å². The number of urea groups is 1. The Bertz CT molecular complexity index is 847. The largest absolute Gasteiger partial charge is 0.323 e. The Morgan fingerprint density at radius 3 is 1.48 bits per heavy atom. The third-order valence-electron chi connectivity index (χ3n) is 3.47. The average molecular weight is 331 g/mol. The molecule has 0 fully saturated rings. The van der Waals surface area contributed by atoms with Crippen molar-refractivity contribution in [3.63, 3.8) is 0 Å². The molecule has 25 heavy (non-hydrogen) atoms. The third kappa shape index (κ3) is 4.68. The minimum absolute atomic E-state index is 0.202. The van der Waals surface area contributed by atoms with Crippen molar-refractivity contribution in [3.05, 3.63) is 90.5 Å². The van der Waals surface area contributed by atoms with E-state index in [1.807, 2.05) is 48.5 Å². The Hall–Kier alpha value is -3.60. The summed E-state index contributed by atoms with van der Waals surface area (Å²) in [7, 11) is 0. The van der Waals surface area contributed by atoms with E-state index in [4.69, 9.17) is 0 Å². The Labute approximate surface area is 145 Å². The number of carbonyl (C=O) groups is 2. The van der Waals surface area contributed by atoms with Crippen molar-refractivity contribution in [2.24, 2.45) is 0 Å². The van der Waals surface area contributed by atoms with E-state index in [-0.39, 0.29) is 11.9 Å². The zero-order valence-corrected chi connectivity index (χ0v) is 13.4. The molecule has 124 valence electrons. The molecule has 0 aliphatic carbocycles. The van der Waals surface area contributed by atoms with E-state index in [9.17, 15) is 9.59 Å². The summed E-state index contributed by atoms with van der Waals surface area (Å²) in [5.41, 5.74) is 2.55. The van der Waals surface area contributed by atoms with Gasteiger partial charge in [-0.2, -0.15) is 0 Å². The van der Waals surface area contributed by atoms with Gasteiger partial charge in [0.2, 0.25) is 0 Å². The number of carbonyl (C=O) groups excluding carboxylic acids is 2. The van der Waals surface area contributed by atoms with Gasteiger partial charge in [-0.1, -0.05) is 36.4 Å². The fraction of sp³-hybridized carbons (Fsp3) is 0. The molecule has 3 amide bonds. The molecule has 3 aromatic carbocycles. The van der Waals surface area contributed by atoms with Crippen molar-refractivity contribution in [2.75, 3.05) is 16.0 Å². The second-order valence-electron chi connectivity index (χ2n) is 5.34. The molecular formula is C20H17N3O2. The van der Waals surface area contributed by atoms with Crippen LogP contribution in [0.4, 0.5) is 21.9 Å². The van der Waals surface area contributed by atoms with Gasteiger partial charge in [0.15, 0.2) is 0 Å². The van der Waals surface area contributed by atoms with Crippen LogP contribution in [0.25, 0.3) is 0 Å². The van der Waals surface area contributed by atoms with Gasteiger partial charge in [-0.05, 0) is 48.5 Å². The van der Waals surface area contributed by atoms with Gasteiger partial charge < -0.3 is 16.0 Å². The molecule has 0 unspecified atom stereocenters. The highest BCUT2D eigenvalue weighted by atomic mass is 16.2. The monoisotopic (exact) mass is 331 g/mol. The number of hydrogen-bond donors (Lipinski definition) is 3. The zero-order valence-electron chi connectivity index (χ0n) is 13.4. The molecule has 5 heteroatoms. The molecule has 0 bridgehead atoms. The molecule has 0 aromatic heterocycles. The molecule has 0 aliphatic rings. The summed E-state index contributed by atoms with van der Waals surface area (Å²) in [6, 6.07) is 24.8. The van der Waals surface area contributed by atoms with Crippen LogP contribution in [0.2, 0.25) is 0 Å². The number of rotatable bonds is 4. The molecule has 5 nitrogen and oxygen atoms in total. The Morgan fingerprint density at radius 2 is 0.960 bits per heavy atom. The van der Waals surface area contributed by atoms with Crippen LogP contribution in [0.1, 0.15) is 10.4 Å². The summed E-state index contributed by atoms with van der Waals surface area (Å²) in [5, 5.41) is 8.27. The second kappa shape index (κ2) is 7.79. The lowest BCUT2D eigenvalue weighted by Gasteiger charge is -2.09. The Kier molecular flexibility index (Phi) is 5.07. The highest BCUT2D eigenvalue weighted by Crippen LogP contribution is 2.13. The molecular weight excluding hydrogens is 314 g/mol. The van der Waals surface area contributed by atoms with E-state index in [0.717, 1.165) is 5.69 Å². The quantitative estimate of drug-likeness (QED) is 0.655. The van der Waals surface area contributed by atoms with E-state index in [1.54, 1.807) is 36.4 Å². The van der Waals surface area contributed by atoms with E-state index < -0.39 is 0 Å². The molecule has 0 heterocycles. The van der Waals surface area contributed by atoms with Crippen LogP contribution in [0, 0.1) is 0 Å². The molecule has 0 aliphatic heterocycles. The molecule has 0 spiro atoms. The van der Waals surface area contributed by atoms with Crippen molar-refractivity contribution in [1.29, 1.82) is 0 Å². The number of nitrogens with one attached hydrogen (secondary N) is 3. The SMILES string of the molecule is O=C(Nc1ccccc1)Nc1ccc(C(=O)Nc2ccccc2)cc1. The predicted octanol–water partition coefficient (Wildman–Crippen LogP) is 4.58. The predicted molar refractivity (Wildman–Crippen MR) is 99.9 cm³/mol. The number of para-hydroxylation sites is 2. The van der Waals surface area contributed by atoms with Crippen molar-refractivity contribution in [3.8, 4) is 0 Å². The first-order valence-corrected chi connectivity index (χ1v) is 7.80. The van der Waals surface area contributed by atoms with Gasteiger partial charge in [0.1, 0.15) is 0 Å². The van der Waals surface area contributed by atoms with Crippen LogP contribution in [0.5, 0.6) is 0 Å². The van der Waals surface area contributed by atoms with Crippen molar-refractivity contribution >= 4 is 29.0 Å². The van der Waals surface area contributed by atoms with Crippen LogP contribution in [0.15, 0.2) is 84.9 Å². The fourth-order valence-corrected chi connectivity index (χ4v) is 2.24. The molecule has 0 saturated carbocycles. The van der Waals surface area contributed by atoms with E-state index in [1.165, 1.54) is 0 Å². The highest BCUT2D eigenvalue weighted by molar-refractivity contribution is 6.05. The second-order valence-corrected chi connectivity index (χ2v) is 5.34. The maximum atomic E-state index is 12.2. The first-order valence-electron chi connectivity index (χ1n) is 7.80. The van der Waals surface area contributed by atoms with Gasteiger partial charge in [-0.25, -0.2) is 4.79 Å². The molecule has 3 aromatic rings. The molecule has 3 rings (SSSR count). The summed E-state index contributed by atoms with van der Waals surface area (Å²) in [6.07, 6.45) is 0. The van der Waals surface area contributed by atoms with Crippen molar-refractivity contribution in [1.82, 2.24) is 0 Å². The van der Waals surface area contributed by atoms with E-state index >= 15 is 0 Å². The number of amides is 3. The normalized spacial score (nSPS) is 9.92.